The lowest BCUT2D eigenvalue weighted by atomic mass is 10.2. The summed E-state index contributed by atoms with van der Waals surface area (Å²) in [6.45, 7) is 0.520. The number of hydrogen-bond acceptors (Lipinski definition) is 5. The Balaban J connectivity index is 2.00. The first kappa shape index (κ1) is 17.2. The molecule has 24 heavy (non-hydrogen) atoms. The molecule has 2 aromatic rings. The van der Waals surface area contributed by atoms with Crippen molar-refractivity contribution in [3.63, 3.8) is 0 Å². The van der Waals surface area contributed by atoms with E-state index in [9.17, 15) is 14.4 Å². The van der Waals surface area contributed by atoms with Gasteiger partial charge in [0.15, 0.2) is 5.69 Å². The van der Waals surface area contributed by atoms with E-state index in [1.165, 1.54) is 10.9 Å². The molecule has 2 rings (SSSR count). The lowest BCUT2D eigenvalue weighted by Gasteiger charge is -2.06. The lowest BCUT2D eigenvalue weighted by molar-refractivity contribution is -0.107. The van der Waals surface area contributed by atoms with E-state index in [0.717, 1.165) is 19.1 Å². The molecule has 1 aromatic carbocycles. The molecule has 0 unspecified atom stereocenters. The van der Waals surface area contributed by atoms with Gasteiger partial charge in [-0.25, -0.2) is 4.68 Å². The zero-order valence-corrected chi connectivity index (χ0v) is 13.1. The molecule has 126 valence electrons. The SMILES string of the molecule is NC(=O)c1nn(-c2ccc(C(=O)NCCCCC=O)cc2)cc1N. The molecule has 0 atom stereocenters. The molecule has 0 bridgehead atoms. The Morgan fingerprint density at radius 3 is 2.50 bits per heavy atom. The van der Waals surface area contributed by atoms with E-state index in [1.54, 1.807) is 24.3 Å². The minimum Gasteiger partial charge on any atom is -0.396 e. The predicted molar refractivity (Wildman–Crippen MR) is 88.7 cm³/mol. The number of benzene rings is 1. The van der Waals surface area contributed by atoms with Crippen molar-refractivity contribution in [1.29, 1.82) is 0 Å². The van der Waals surface area contributed by atoms with Gasteiger partial charge in [0.25, 0.3) is 11.8 Å². The highest BCUT2D eigenvalue weighted by molar-refractivity contribution is 5.96. The van der Waals surface area contributed by atoms with Gasteiger partial charge < -0.3 is 21.6 Å². The van der Waals surface area contributed by atoms with Gasteiger partial charge in [0.2, 0.25) is 0 Å². The van der Waals surface area contributed by atoms with Gasteiger partial charge in [0.1, 0.15) is 6.29 Å². The van der Waals surface area contributed by atoms with Crippen molar-refractivity contribution in [2.75, 3.05) is 12.3 Å². The number of amides is 2. The molecule has 0 fully saturated rings. The summed E-state index contributed by atoms with van der Waals surface area (Å²) in [6.07, 6.45) is 4.37. The van der Waals surface area contributed by atoms with Gasteiger partial charge in [-0.1, -0.05) is 0 Å². The smallest absolute Gasteiger partial charge is 0.271 e. The van der Waals surface area contributed by atoms with Crippen LogP contribution < -0.4 is 16.8 Å². The number of nitrogens with zero attached hydrogens (tertiary/aromatic N) is 2. The molecular weight excluding hydrogens is 310 g/mol. The van der Waals surface area contributed by atoms with Crippen molar-refractivity contribution < 1.29 is 14.4 Å². The molecule has 2 amide bonds. The number of rotatable bonds is 8. The minimum atomic E-state index is -0.697. The largest absolute Gasteiger partial charge is 0.396 e. The van der Waals surface area contributed by atoms with Gasteiger partial charge in [-0.05, 0) is 37.1 Å². The Bertz CT molecular complexity index is 737. The fraction of sp³-hybridized carbons (Fsp3) is 0.250. The second-order valence-electron chi connectivity index (χ2n) is 5.21. The first-order valence-corrected chi connectivity index (χ1v) is 7.50. The first-order valence-electron chi connectivity index (χ1n) is 7.50. The third-order valence-electron chi connectivity index (χ3n) is 3.40. The molecule has 0 aliphatic rings. The van der Waals surface area contributed by atoms with Crippen LogP contribution in [0.25, 0.3) is 5.69 Å². The molecule has 5 N–H and O–H groups in total. The van der Waals surface area contributed by atoms with Gasteiger partial charge >= 0.3 is 0 Å². The van der Waals surface area contributed by atoms with Gasteiger partial charge in [0, 0.05) is 18.5 Å². The summed E-state index contributed by atoms with van der Waals surface area (Å²) < 4.78 is 1.43. The van der Waals surface area contributed by atoms with Crippen LogP contribution in [-0.2, 0) is 4.79 Å². The second kappa shape index (κ2) is 7.91. The highest BCUT2D eigenvalue weighted by Crippen LogP contribution is 2.14. The van der Waals surface area contributed by atoms with E-state index in [4.69, 9.17) is 11.5 Å². The molecule has 8 heteroatoms. The normalized spacial score (nSPS) is 10.3. The molecule has 1 aromatic heterocycles. The summed E-state index contributed by atoms with van der Waals surface area (Å²) in [6, 6.07) is 6.69. The lowest BCUT2D eigenvalue weighted by Crippen LogP contribution is -2.24. The Kier molecular flexibility index (Phi) is 5.67. The molecular formula is C16H19N5O3. The number of nitrogen functional groups attached to an aromatic ring is 1. The number of nitrogens with two attached hydrogens (primary N) is 2. The fourth-order valence-corrected chi connectivity index (χ4v) is 2.13. The summed E-state index contributed by atoms with van der Waals surface area (Å²) in [5.41, 5.74) is 12.2. The highest BCUT2D eigenvalue weighted by atomic mass is 16.2. The van der Waals surface area contributed by atoms with E-state index in [-0.39, 0.29) is 17.3 Å². The maximum atomic E-state index is 12.0. The summed E-state index contributed by atoms with van der Waals surface area (Å²) in [5.74, 6) is -0.887. The van der Waals surface area contributed by atoms with Gasteiger partial charge in [-0.3, -0.25) is 9.59 Å². The number of carbonyl (C=O) groups excluding carboxylic acids is 3. The Morgan fingerprint density at radius 1 is 1.21 bits per heavy atom. The maximum absolute atomic E-state index is 12.0. The van der Waals surface area contributed by atoms with E-state index in [1.807, 2.05) is 0 Å². The van der Waals surface area contributed by atoms with Gasteiger partial charge in [-0.2, -0.15) is 5.10 Å². The average Bonchev–Trinajstić information content (AvgIpc) is 2.97. The van der Waals surface area contributed by atoms with Crippen LogP contribution in [0, 0.1) is 0 Å². The van der Waals surface area contributed by atoms with Crippen molar-refractivity contribution in [2.24, 2.45) is 5.73 Å². The summed E-state index contributed by atoms with van der Waals surface area (Å²) in [7, 11) is 0. The van der Waals surface area contributed by atoms with Crippen LogP contribution in [0.1, 0.15) is 40.1 Å². The van der Waals surface area contributed by atoms with Crippen LogP contribution in [0.4, 0.5) is 5.69 Å². The molecule has 0 saturated heterocycles. The van der Waals surface area contributed by atoms with Gasteiger partial charge in [0.05, 0.1) is 17.6 Å². The molecule has 0 saturated carbocycles. The van der Waals surface area contributed by atoms with Gasteiger partial charge in [-0.15, -0.1) is 0 Å². The third-order valence-corrected chi connectivity index (χ3v) is 3.40. The number of aromatic nitrogens is 2. The van der Waals surface area contributed by atoms with Crippen molar-refractivity contribution in [2.45, 2.75) is 19.3 Å². The Hall–Kier alpha value is -3.16. The van der Waals surface area contributed by atoms with E-state index >= 15 is 0 Å². The third kappa shape index (κ3) is 4.19. The highest BCUT2D eigenvalue weighted by Gasteiger charge is 2.12. The van der Waals surface area contributed by atoms with Crippen molar-refractivity contribution in [1.82, 2.24) is 15.1 Å². The maximum Gasteiger partial charge on any atom is 0.271 e. The number of hydrogen-bond donors (Lipinski definition) is 3. The number of nitrogens with one attached hydrogen (secondary N) is 1. The monoisotopic (exact) mass is 329 g/mol. The van der Waals surface area contributed by atoms with Crippen LogP contribution >= 0.6 is 0 Å². The zero-order chi connectivity index (χ0) is 17.5. The van der Waals surface area contributed by atoms with Crippen LogP contribution in [0.2, 0.25) is 0 Å². The van der Waals surface area contributed by atoms with Crippen molar-refractivity contribution in [3.05, 3.63) is 41.7 Å². The van der Waals surface area contributed by atoms with Crippen LogP contribution in [0.15, 0.2) is 30.5 Å². The fourth-order valence-electron chi connectivity index (χ4n) is 2.13. The summed E-state index contributed by atoms with van der Waals surface area (Å²) >= 11 is 0. The average molecular weight is 329 g/mol. The molecule has 0 aliphatic heterocycles. The number of primary amides is 1. The second-order valence-corrected chi connectivity index (χ2v) is 5.21. The molecule has 8 nitrogen and oxygen atoms in total. The summed E-state index contributed by atoms with van der Waals surface area (Å²) in [4.78, 5) is 33.4. The van der Waals surface area contributed by atoms with E-state index in [2.05, 4.69) is 10.4 Å². The zero-order valence-electron chi connectivity index (χ0n) is 13.1. The first-order chi connectivity index (χ1) is 11.5. The number of carbonyl (C=O) groups is 3. The molecule has 1 heterocycles. The molecule has 0 radical (unpaired) electrons. The van der Waals surface area contributed by atoms with Crippen molar-refractivity contribution >= 4 is 23.8 Å². The topological polar surface area (TPSA) is 133 Å². The number of unbranched alkanes of at least 4 members (excludes halogenated alkanes) is 2. The van der Waals surface area contributed by atoms with E-state index in [0.29, 0.717) is 24.2 Å². The number of aldehydes is 1. The minimum absolute atomic E-state index is 0.00661. The van der Waals surface area contributed by atoms with Crippen LogP contribution in [-0.4, -0.2) is 34.4 Å². The quantitative estimate of drug-likeness (QED) is 0.483. The Morgan fingerprint density at radius 2 is 1.92 bits per heavy atom. The molecule has 0 spiro atoms. The molecule has 0 aliphatic carbocycles. The standard InChI is InChI=1S/C16H19N5O3/c17-13-10-21(20-14(13)15(18)23)12-6-4-11(5-7-12)16(24)19-8-2-1-3-9-22/h4-7,9-10H,1-3,8,17H2,(H2,18,23)(H,19,24). The Labute approximate surface area is 138 Å². The van der Waals surface area contributed by atoms with Crippen molar-refractivity contribution in [3.8, 4) is 5.69 Å². The van der Waals surface area contributed by atoms with Crippen LogP contribution in [0.3, 0.4) is 0 Å². The summed E-state index contributed by atoms with van der Waals surface area (Å²) in [5, 5.41) is 6.81. The predicted octanol–water partition coefficient (Wildman–Crippen LogP) is 0.652. The number of anilines is 1. The van der Waals surface area contributed by atoms with Crippen LogP contribution in [0.5, 0.6) is 0 Å². The van der Waals surface area contributed by atoms with E-state index < -0.39 is 5.91 Å².